The van der Waals surface area contributed by atoms with Gasteiger partial charge in [0.2, 0.25) is 6.08 Å². The van der Waals surface area contributed by atoms with Crippen molar-refractivity contribution in [2.75, 3.05) is 0 Å². The van der Waals surface area contributed by atoms with Crippen LogP contribution in [0.2, 0.25) is 0 Å². The Kier molecular flexibility index (Phi) is 3.51. The summed E-state index contributed by atoms with van der Waals surface area (Å²) in [5.41, 5.74) is 0.194. The zero-order valence-electron chi connectivity index (χ0n) is 6.53. The van der Waals surface area contributed by atoms with Gasteiger partial charge in [-0.25, -0.2) is 4.79 Å². The van der Waals surface area contributed by atoms with Crippen LogP contribution in [-0.4, -0.2) is 11.0 Å². The van der Waals surface area contributed by atoms with E-state index in [-0.39, 0.29) is 15.8 Å². The zero-order valence-corrected chi connectivity index (χ0v) is 9.70. The number of carbonyl (C=O) groups excluding carboxylic acids is 1. The highest BCUT2D eigenvalue weighted by Gasteiger charge is 2.14. The SMILES string of the molecule is O=C=Nc1cc(Br)c([N+](=O)[O-])cc1Br. The molecule has 0 saturated carbocycles. The average Bonchev–Trinajstić information content (AvgIpc) is 2.10. The maximum atomic E-state index is 10.5. The van der Waals surface area contributed by atoms with E-state index in [0.29, 0.717) is 4.47 Å². The predicted octanol–water partition coefficient (Wildman–Crippen LogP) is 3.09. The minimum Gasteiger partial charge on any atom is -0.258 e. The predicted molar refractivity (Wildman–Crippen MR) is 56.3 cm³/mol. The van der Waals surface area contributed by atoms with Crippen molar-refractivity contribution in [1.29, 1.82) is 0 Å². The van der Waals surface area contributed by atoms with E-state index in [9.17, 15) is 14.9 Å². The monoisotopic (exact) mass is 320 g/mol. The molecule has 0 radical (unpaired) electrons. The summed E-state index contributed by atoms with van der Waals surface area (Å²) in [4.78, 5) is 23.3. The van der Waals surface area contributed by atoms with Gasteiger partial charge in [0.25, 0.3) is 5.69 Å². The van der Waals surface area contributed by atoms with Crippen LogP contribution in [0.4, 0.5) is 11.4 Å². The Morgan fingerprint density at radius 1 is 1.36 bits per heavy atom. The minimum atomic E-state index is -0.538. The summed E-state index contributed by atoms with van der Waals surface area (Å²) in [6, 6.07) is 2.63. The van der Waals surface area contributed by atoms with Gasteiger partial charge in [-0.2, -0.15) is 4.99 Å². The lowest BCUT2D eigenvalue weighted by Crippen LogP contribution is -1.89. The van der Waals surface area contributed by atoms with Crippen molar-refractivity contribution in [1.82, 2.24) is 0 Å². The first-order valence-electron chi connectivity index (χ1n) is 3.27. The molecule has 5 nitrogen and oxygen atoms in total. The summed E-state index contributed by atoms with van der Waals surface area (Å²) >= 11 is 6.05. The quantitative estimate of drug-likeness (QED) is 0.363. The third kappa shape index (κ3) is 2.25. The molecule has 0 fully saturated rings. The van der Waals surface area contributed by atoms with Gasteiger partial charge in [0.05, 0.1) is 19.6 Å². The van der Waals surface area contributed by atoms with E-state index in [4.69, 9.17) is 0 Å². The van der Waals surface area contributed by atoms with Crippen molar-refractivity contribution in [2.24, 2.45) is 4.99 Å². The molecular formula is C7H2Br2N2O3. The molecule has 72 valence electrons. The van der Waals surface area contributed by atoms with E-state index in [1.165, 1.54) is 18.2 Å². The Balaban J connectivity index is 3.37. The standard InChI is InChI=1S/C7H2Br2N2O3/c8-4-2-7(11(13)14)5(9)1-6(4)10-3-12/h1-2H. The normalized spacial score (nSPS) is 9.29. The summed E-state index contributed by atoms with van der Waals surface area (Å²) < 4.78 is 0.635. The first-order chi connectivity index (χ1) is 6.56. The molecule has 0 bridgehead atoms. The molecule has 0 unspecified atom stereocenters. The average molecular weight is 322 g/mol. The molecule has 0 N–H and O–H groups in total. The van der Waals surface area contributed by atoms with Gasteiger partial charge in [-0.1, -0.05) is 0 Å². The van der Waals surface area contributed by atoms with Gasteiger partial charge in [0, 0.05) is 6.07 Å². The molecule has 1 aromatic rings. The fourth-order valence-electron chi connectivity index (χ4n) is 0.801. The van der Waals surface area contributed by atoms with Gasteiger partial charge >= 0.3 is 0 Å². The van der Waals surface area contributed by atoms with Crippen LogP contribution in [0, 0.1) is 10.1 Å². The molecule has 0 aliphatic rings. The lowest BCUT2D eigenvalue weighted by atomic mass is 10.3. The van der Waals surface area contributed by atoms with Crippen LogP contribution in [0.3, 0.4) is 0 Å². The molecule has 0 spiro atoms. The number of isocyanates is 1. The zero-order chi connectivity index (χ0) is 10.7. The number of hydrogen-bond donors (Lipinski definition) is 0. The lowest BCUT2D eigenvalue weighted by Gasteiger charge is -1.98. The lowest BCUT2D eigenvalue weighted by molar-refractivity contribution is -0.385. The second kappa shape index (κ2) is 4.45. The molecule has 0 saturated heterocycles. The highest BCUT2D eigenvalue weighted by atomic mass is 79.9. The summed E-state index contributed by atoms with van der Waals surface area (Å²) in [6.07, 6.45) is 1.36. The van der Waals surface area contributed by atoms with Crippen molar-refractivity contribution in [3.05, 3.63) is 31.2 Å². The van der Waals surface area contributed by atoms with Crippen molar-refractivity contribution >= 4 is 49.3 Å². The van der Waals surface area contributed by atoms with E-state index in [2.05, 4.69) is 36.9 Å². The highest BCUT2D eigenvalue weighted by molar-refractivity contribution is 9.11. The van der Waals surface area contributed by atoms with Crippen LogP contribution < -0.4 is 0 Å². The van der Waals surface area contributed by atoms with Crippen LogP contribution in [-0.2, 0) is 4.79 Å². The molecule has 1 aromatic carbocycles. The van der Waals surface area contributed by atoms with E-state index >= 15 is 0 Å². The maximum absolute atomic E-state index is 10.5. The third-order valence-corrected chi connectivity index (χ3v) is 2.65. The topological polar surface area (TPSA) is 72.6 Å². The number of nitrogens with zero attached hydrogens (tertiary/aromatic N) is 2. The molecule has 0 heterocycles. The number of nitro benzene ring substituents is 1. The number of halogens is 2. The van der Waals surface area contributed by atoms with Crippen LogP contribution in [0.15, 0.2) is 26.1 Å². The van der Waals surface area contributed by atoms with E-state index in [1.807, 2.05) is 0 Å². The molecule has 0 amide bonds. The number of aliphatic imine (C=N–C) groups is 1. The van der Waals surface area contributed by atoms with Crippen LogP contribution >= 0.6 is 31.9 Å². The van der Waals surface area contributed by atoms with Crippen molar-refractivity contribution in [3.63, 3.8) is 0 Å². The molecule has 0 aromatic heterocycles. The molecule has 1 rings (SSSR count). The Morgan fingerprint density at radius 2 is 2.00 bits per heavy atom. The van der Waals surface area contributed by atoms with Gasteiger partial charge in [0.1, 0.15) is 0 Å². The number of benzene rings is 1. The molecule has 0 atom stereocenters. The van der Waals surface area contributed by atoms with E-state index in [0.717, 1.165) is 0 Å². The second-order valence-corrected chi connectivity index (χ2v) is 3.92. The van der Waals surface area contributed by atoms with Gasteiger partial charge < -0.3 is 0 Å². The van der Waals surface area contributed by atoms with Crippen LogP contribution in [0.25, 0.3) is 0 Å². The molecule has 14 heavy (non-hydrogen) atoms. The summed E-state index contributed by atoms with van der Waals surface area (Å²) in [6.45, 7) is 0. The molecule has 0 aliphatic carbocycles. The smallest absolute Gasteiger partial charge is 0.258 e. The van der Waals surface area contributed by atoms with Crippen molar-refractivity contribution in [2.45, 2.75) is 0 Å². The maximum Gasteiger partial charge on any atom is 0.284 e. The summed E-state index contributed by atoms with van der Waals surface area (Å²) in [5.74, 6) is 0. The summed E-state index contributed by atoms with van der Waals surface area (Å²) in [7, 11) is 0. The first-order valence-corrected chi connectivity index (χ1v) is 4.86. The van der Waals surface area contributed by atoms with Crippen molar-refractivity contribution in [3.8, 4) is 0 Å². The fourth-order valence-corrected chi connectivity index (χ4v) is 1.70. The Hall–Kier alpha value is -1.04. The largest absolute Gasteiger partial charge is 0.284 e. The second-order valence-electron chi connectivity index (χ2n) is 2.22. The van der Waals surface area contributed by atoms with Gasteiger partial charge in [-0.3, -0.25) is 10.1 Å². The highest BCUT2D eigenvalue weighted by Crippen LogP contribution is 2.35. The minimum absolute atomic E-state index is 0.0956. The first kappa shape index (κ1) is 11.0. The Morgan fingerprint density at radius 3 is 2.50 bits per heavy atom. The van der Waals surface area contributed by atoms with E-state index in [1.54, 1.807) is 0 Å². The third-order valence-electron chi connectivity index (χ3n) is 1.38. The van der Waals surface area contributed by atoms with Gasteiger partial charge in [-0.15, -0.1) is 0 Å². The molecular weight excluding hydrogens is 320 g/mol. The summed E-state index contributed by atoms with van der Waals surface area (Å²) in [5, 5.41) is 10.5. The fraction of sp³-hybridized carbons (Fsp3) is 0. The molecule has 7 heteroatoms. The van der Waals surface area contributed by atoms with Crippen LogP contribution in [0.5, 0.6) is 0 Å². The number of rotatable bonds is 2. The number of hydrogen-bond acceptors (Lipinski definition) is 4. The number of nitro groups is 1. The molecule has 0 aliphatic heterocycles. The Labute approximate surface area is 95.2 Å². The van der Waals surface area contributed by atoms with Crippen LogP contribution in [0.1, 0.15) is 0 Å². The Bertz CT molecular complexity index is 413. The van der Waals surface area contributed by atoms with Gasteiger partial charge in [0.15, 0.2) is 0 Å². The van der Waals surface area contributed by atoms with Crippen molar-refractivity contribution < 1.29 is 9.72 Å². The van der Waals surface area contributed by atoms with Gasteiger partial charge in [-0.05, 0) is 37.9 Å². The van der Waals surface area contributed by atoms with E-state index < -0.39 is 4.92 Å².